The first-order chi connectivity index (χ1) is 16.0. The van der Waals surface area contributed by atoms with Gasteiger partial charge in [0.1, 0.15) is 12.9 Å². The Bertz CT molecular complexity index is 1550. The van der Waals surface area contributed by atoms with E-state index in [0.717, 1.165) is 40.6 Å². The fourth-order valence-electron chi connectivity index (χ4n) is 5.56. The normalized spacial score (nSPS) is 14.8. The molecule has 0 aliphatic heterocycles. The summed E-state index contributed by atoms with van der Waals surface area (Å²) in [7, 11) is 2.00. The largest absolute Gasteiger partial charge is 0.437 e. The molecule has 1 aliphatic carbocycles. The van der Waals surface area contributed by atoms with E-state index in [-0.39, 0.29) is 11.1 Å². The Morgan fingerprint density at radius 3 is 2.64 bits per heavy atom. The molecule has 166 valence electrons. The van der Waals surface area contributed by atoms with E-state index in [1.54, 1.807) is 0 Å². The highest BCUT2D eigenvalue weighted by molar-refractivity contribution is 6.11. The maximum Gasteiger partial charge on any atom is 0.232 e. The molecule has 3 aromatic heterocycles. The summed E-state index contributed by atoms with van der Waals surface area (Å²) in [5.74, 6) is -0.760. The standard InChI is InChI=1S/C28H25F2N2O/c1-16-7-9-21-25-22(29)15-23(30)31-28(25)33-27(21)24(16)26-20-10-8-18(13-17-5-3-4-6-17)14-19(20)11-12-32(26)2/h7-12,14-15,17H,3-6,13H2,1-2H3/q+1. The molecule has 0 spiro atoms. The first-order valence-electron chi connectivity index (χ1n) is 11.6. The van der Waals surface area contributed by atoms with Crippen molar-refractivity contribution in [2.24, 2.45) is 13.0 Å². The molecule has 0 radical (unpaired) electrons. The van der Waals surface area contributed by atoms with Crippen LogP contribution in [-0.2, 0) is 13.5 Å². The van der Waals surface area contributed by atoms with Crippen LogP contribution in [0.25, 0.3) is 44.1 Å². The van der Waals surface area contributed by atoms with Gasteiger partial charge in [-0.25, -0.2) is 8.96 Å². The zero-order chi connectivity index (χ0) is 22.7. The quantitative estimate of drug-likeness (QED) is 0.223. The number of benzene rings is 2. The van der Waals surface area contributed by atoms with Gasteiger partial charge in [0.2, 0.25) is 17.4 Å². The Hall–Kier alpha value is -3.34. The third-order valence-corrected chi connectivity index (χ3v) is 7.18. The predicted molar refractivity (Wildman–Crippen MR) is 126 cm³/mol. The van der Waals surface area contributed by atoms with Gasteiger partial charge in [-0.3, -0.25) is 0 Å². The van der Waals surface area contributed by atoms with Crippen molar-refractivity contribution in [1.82, 2.24) is 4.98 Å². The minimum Gasteiger partial charge on any atom is -0.437 e. The predicted octanol–water partition coefficient (Wildman–Crippen LogP) is 6.95. The van der Waals surface area contributed by atoms with E-state index < -0.39 is 11.8 Å². The van der Waals surface area contributed by atoms with Crippen molar-refractivity contribution < 1.29 is 17.8 Å². The Morgan fingerprint density at radius 2 is 1.82 bits per heavy atom. The second-order valence-electron chi connectivity index (χ2n) is 9.39. The van der Waals surface area contributed by atoms with E-state index in [4.69, 9.17) is 4.42 Å². The van der Waals surface area contributed by atoms with Gasteiger partial charge in [0.15, 0.2) is 11.8 Å². The summed E-state index contributed by atoms with van der Waals surface area (Å²) in [5.41, 5.74) is 4.75. The summed E-state index contributed by atoms with van der Waals surface area (Å²) < 4.78 is 36.5. The van der Waals surface area contributed by atoms with Crippen molar-refractivity contribution in [3.8, 4) is 11.3 Å². The van der Waals surface area contributed by atoms with Crippen molar-refractivity contribution >= 4 is 32.8 Å². The molecular weight excluding hydrogens is 418 g/mol. The molecule has 1 aliphatic rings. The zero-order valence-electron chi connectivity index (χ0n) is 18.8. The molecule has 0 atom stereocenters. The highest BCUT2D eigenvalue weighted by atomic mass is 19.1. The summed E-state index contributed by atoms with van der Waals surface area (Å²) >= 11 is 0. The highest BCUT2D eigenvalue weighted by Crippen LogP contribution is 2.39. The summed E-state index contributed by atoms with van der Waals surface area (Å²) in [6.45, 7) is 2.01. The van der Waals surface area contributed by atoms with E-state index in [1.165, 1.54) is 36.6 Å². The molecule has 1 fully saturated rings. The molecule has 0 saturated heterocycles. The van der Waals surface area contributed by atoms with Gasteiger partial charge in [-0.1, -0.05) is 49.9 Å². The van der Waals surface area contributed by atoms with Crippen LogP contribution in [0.4, 0.5) is 8.78 Å². The Kier molecular flexibility index (Phi) is 4.68. The lowest BCUT2D eigenvalue weighted by atomic mass is 9.93. The van der Waals surface area contributed by atoms with Crippen molar-refractivity contribution in [2.75, 3.05) is 0 Å². The number of pyridine rings is 2. The van der Waals surface area contributed by atoms with E-state index >= 15 is 0 Å². The van der Waals surface area contributed by atoms with Crippen LogP contribution in [0, 0.1) is 24.6 Å². The van der Waals surface area contributed by atoms with E-state index in [1.807, 2.05) is 26.1 Å². The second kappa shape index (κ2) is 7.62. The molecule has 0 N–H and O–H groups in total. The first-order valence-corrected chi connectivity index (χ1v) is 11.6. The van der Waals surface area contributed by atoms with Crippen molar-refractivity contribution in [2.45, 2.75) is 39.0 Å². The van der Waals surface area contributed by atoms with Crippen LogP contribution < -0.4 is 4.57 Å². The minimum absolute atomic E-state index is 0.0175. The van der Waals surface area contributed by atoms with Crippen molar-refractivity contribution in [3.05, 3.63) is 71.6 Å². The van der Waals surface area contributed by atoms with E-state index in [2.05, 4.69) is 40.0 Å². The lowest BCUT2D eigenvalue weighted by Gasteiger charge is -2.12. The van der Waals surface area contributed by atoms with Gasteiger partial charge in [-0.05, 0) is 41.8 Å². The highest BCUT2D eigenvalue weighted by Gasteiger charge is 2.25. The van der Waals surface area contributed by atoms with Crippen LogP contribution in [0.15, 0.2) is 53.1 Å². The van der Waals surface area contributed by atoms with Gasteiger partial charge >= 0.3 is 0 Å². The summed E-state index contributed by atoms with van der Waals surface area (Å²) in [5, 5.41) is 3.09. The number of nitrogens with zero attached hydrogens (tertiary/aromatic N) is 2. The second-order valence-corrected chi connectivity index (χ2v) is 9.39. The van der Waals surface area contributed by atoms with Crippen LogP contribution in [-0.4, -0.2) is 4.98 Å². The average molecular weight is 444 g/mol. The molecule has 6 rings (SSSR count). The smallest absolute Gasteiger partial charge is 0.232 e. The van der Waals surface area contributed by atoms with Gasteiger partial charge < -0.3 is 4.42 Å². The monoisotopic (exact) mass is 443 g/mol. The topological polar surface area (TPSA) is 29.9 Å². The van der Waals surface area contributed by atoms with Gasteiger partial charge in [0.05, 0.1) is 16.3 Å². The number of rotatable bonds is 3. The van der Waals surface area contributed by atoms with Crippen molar-refractivity contribution in [1.29, 1.82) is 0 Å². The molecule has 5 aromatic rings. The molecule has 3 heterocycles. The summed E-state index contributed by atoms with van der Waals surface area (Å²) in [6.07, 6.45) is 8.52. The molecule has 1 saturated carbocycles. The molecule has 0 bridgehead atoms. The van der Waals surface area contributed by atoms with E-state index in [0.29, 0.717) is 11.0 Å². The molecule has 0 unspecified atom stereocenters. The van der Waals surface area contributed by atoms with Gasteiger partial charge in [0.25, 0.3) is 0 Å². The number of fused-ring (bicyclic) bond motifs is 4. The zero-order valence-corrected chi connectivity index (χ0v) is 18.8. The van der Waals surface area contributed by atoms with Crippen molar-refractivity contribution in [3.63, 3.8) is 0 Å². The lowest BCUT2D eigenvalue weighted by Crippen LogP contribution is -2.30. The average Bonchev–Trinajstić information content (AvgIpc) is 3.42. The van der Waals surface area contributed by atoms with Crippen LogP contribution in [0.1, 0.15) is 36.8 Å². The minimum atomic E-state index is -0.886. The maximum absolute atomic E-state index is 14.6. The summed E-state index contributed by atoms with van der Waals surface area (Å²) in [4.78, 5) is 3.80. The number of aryl methyl sites for hydroxylation is 2. The molecule has 2 aromatic carbocycles. The fraction of sp³-hybridized carbons (Fsp3) is 0.286. The van der Waals surface area contributed by atoms with Gasteiger partial charge in [-0.2, -0.15) is 9.37 Å². The van der Waals surface area contributed by atoms with Crippen LogP contribution in [0.3, 0.4) is 0 Å². The van der Waals surface area contributed by atoms with Crippen LogP contribution in [0.5, 0.6) is 0 Å². The van der Waals surface area contributed by atoms with E-state index in [9.17, 15) is 8.78 Å². The van der Waals surface area contributed by atoms with Gasteiger partial charge in [-0.15, -0.1) is 0 Å². The number of aromatic nitrogens is 2. The third kappa shape index (κ3) is 3.29. The number of furan rings is 1. The molecule has 33 heavy (non-hydrogen) atoms. The Labute approximate surface area is 190 Å². The Morgan fingerprint density at radius 1 is 1.03 bits per heavy atom. The Balaban J connectivity index is 1.59. The SMILES string of the molecule is Cc1ccc2c(oc3nc(F)cc(F)c32)c1-c1c2ccc(CC3CCCC3)cc2cc[n+]1C. The number of hydrogen-bond acceptors (Lipinski definition) is 2. The molecule has 5 heteroatoms. The van der Waals surface area contributed by atoms with Crippen LogP contribution >= 0.6 is 0 Å². The summed E-state index contributed by atoms with van der Waals surface area (Å²) in [6, 6.07) is 13.4. The number of halogens is 2. The third-order valence-electron chi connectivity index (χ3n) is 7.18. The lowest BCUT2D eigenvalue weighted by molar-refractivity contribution is -0.659. The first kappa shape index (κ1) is 20.3. The molecule has 3 nitrogen and oxygen atoms in total. The molecule has 0 amide bonds. The fourth-order valence-corrected chi connectivity index (χ4v) is 5.56. The molecular formula is C28H25F2N2O+. The van der Waals surface area contributed by atoms with Gasteiger partial charge in [0, 0.05) is 17.5 Å². The maximum atomic E-state index is 14.6. The number of hydrogen-bond donors (Lipinski definition) is 0. The van der Waals surface area contributed by atoms with Crippen LogP contribution in [0.2, 0.25) is 0 Å².